The number of nitro groups is 1. The minimum atomic E-state index is -1.74. The van der Waals surface area contributed by atoms with Crippen LogP contribution in [0.4, 0.5) is 5.69 Å². The first-order valence-corrected chi connectivity index (χ1v) is 3.36. The molecule has 0 aliphatic carbocycles. The number of phenolic OH excluding ortho intramolecular Hbond substituents is 1. The zero-order valence-corrected chi connectivity index (χ0v) is 6.41. The number of aliphatic hydroxyl groups is 2. The van der Waals surface area contributed by atoms with Crippen molar-refractivity contribution in [2.75, 3.05) is 0 Å². The third kappa shape index (κ3) is 1.92. The molecule has 0 fully saturated rings. The summed E-state index contributed by atoms with van der Waals surface area (Å²) in [6, 6.07) is 3.09. The van der Waals surface area contributed by atoms with E-state index in [1.54, 1.807) is 0 Å². The number of phenols is 1. The number of rotatable bonds is 2. The molecule has 0 aliphatic heterocycles. The van der Waals surface area contributed by atoms with Crippen LogP contribution in [-0.2, 0) is 0 Å². The molecule has 0 bridgehead atoms. The maximum absolute atomic E-state index is 10.2. The molecule has 0 saturated carbocycles. The molecule has 0 heterocycles. The highest BCUT2D eigenvalue weighted by Crippen LogP contribution is 2.27. The van der Waals surface area contributed by atoms with Gasteiger partial charge in [0.25, 0.3) is 0 Å². The molecule has 3 N–H and O–H groups in total. The molecule has 0 amide bonds. The number of aliphatic hydroxyl groups excluding tert-OH is 1. The van der Waals surface area contributed by atoms with Crippen molar-refractivity contribution < 1.29 is 20.2 Å². The molecule has 6 nitrogen and oxygen atoms in total. The highest BCUT2D eigenvalue weighted by Gasteiger charge is 2.14. The summed E-state index contributed by atoms with van der Waals surface area (Å²) >= 11 is 0. The van der Waals surface area contributed by atoms with Crippen LogP contribution in [0.2, 0.25) is 0 Å². The van der Waals surface area contributed by atoms with Gasteiger partial charge in [0.1, 0.15) is 0 Å². The van der Waals surface area contributed by atoms with Crippen molar-refractivity contribution >= 4 is 5.69 Å². The zero-order valence-electron chi connectivity index (χ0n) is 6.41. The van der Waals surface area contributed by atoms with Crippen LogP contribution in [0.5, 0.6) is 5.75 Å². The van der Waals surface area contributed by atoms with E-state index < -0.39 is 22.7 Å². The van der Waals surface area contributed by atoms with Gasteiger partial charge in [-0.3, -0.25) is 10.1 Å². The number of nitrogens with zero attached hydrogens (tertiary/aromatic N) is 1. The molecule has 0 spiro atoms. The highest BCUT2D eigenvalue weighted by atomic mass is 16.6. The third-order valence-corrected chi connectivity index (χ3v) is 1.49. The Hall–Kier alpha value is -1.66. The second-order valence-electron chi connectivity index (χ2n) is 2.38. The second-order valence-corrected chi connectivity index (χ2v) is 2.38. The van der Waals surface area contributed by atoms with E-state index in [-0.39, 0.29) is 5.56 Å². The molecule has 0 aromatic heterocycles. The lowest BCUT2D eigenvalue weighted by Gasteiger charge is -2.03. The Morgan fingerprint density at radius 1 is 1.38 bits per heavy atom. The maximum atomic E-state index is 10.2. The van der Waals surface area contributed by atoms with E-state index in [2.05, 4.69) is 0 Å². The lowest BCUT2D eigenvalue weighted by Crippen LogP contribution is -1.95. The molecule has 0 aliphatic rings. The minimum absolute atomic E-state index is 0.00287. The summed E-state index contributed by atoms with van der Waals surface area (Å²) in [6.07, 6.45) is -1.74. The summed E-state index contributed by atoms with van der Waals surface area (Å²) < 4.78 is 0. The SMILES string of the molecule is O=[N+]([O-])c1ccc(C(O)O)cc1O. The Kier molecular flexibility index (Phi) is 2.45. The van der Waals surface area contributed by atoms with E-state index in [1.165, 1.54) is 0 Å². The van der Waals surface area contributed by atoms with Crippen LogP contribution in [-0.4, -0.2) is 20.2 Å². The third-order valence-electron chi connectivity index (χ3n) is 1.49. The van der Waals surface area contributed by atoms with Crippen molar-refractivity contribution in [3.63, 3.8) is 0 Å². The Morgan fingerprint density at radius 2 is 2.00 bits per heavy atom. The van der Waals surface area contributed by atoms with Gasteiger partial charge in [-0.25, -0.2) is 0 Å². The van der Waals surface area contributed by atoms with Crippen LogP contribution in [0, 0.1) is 10.1 Å². The number of nitro benzene ring substituents is 1. The van der Waals surface area contributed by atoms with Gasteiger partial charge in [-0.05, 0) is 12.1 Å². The average molecular weight is 185 g/mol. The largest absolute Gasteiger partial charge is 0.502 e. The summed E-state index contributed by atoms with van der Waals surface area (Å²) in [5.74, 6) is -0.587. The van der Waals surface area contributed by atoms with E-state index in [0.29, 0.717) is 0 Å². The van der Waals surface area contributed by atoms with Gasteiger partial charge in [0.15, 0.2) is 12.0 Å². The fourth-order valence-corrected chi connectivity index (χ4v) is 0.855. The fourth-order valence-electron chi connectivity index (χ4n) is 0.855. The van der Waals surface area contributed by atoms with Gasteiger partial charge in [-0.2, -0.15) is 0 Å². The zero-order chi connectivity index (χ0) is 10.0. The van der Waals surface area contributed by atoms with E-state index in [0.717, 1.165) is 18.2 Å². The second kappa shape index (κ2) is 3.38. The van der Waals surface area contributed by atoms with Crippen LogP contribution >= 0.6 is 0 Å². The predicted octanol–water partition coefficient (Wildman–Crippen LogP) is 0.284. The van der Waals surface area contributed by atoms with Crippen molar-refractivity contribution in [2.45, 2.75) is 6.29 Å². The van der Waals surface area contributed by atoms with Gasteiger partial charge in [-0.15, -0.1) is 0 Å². The first-order valence-electron chi connectivity index (χ1n) is 3.36. The number of hydrogen-bond acceptors (Lipinski definition) is 5. The topological polar surface area (TPSA) is 104 Å². The summed E-state index contributed by atoms with van der Waals surface area (Å²) in [5, 5.41) is 36.6. The number of hydrogen-bond donors (Lipinski definition) is 3. The monoisotopic (exact) mass is 185 g/mol. The van der Waals surface area contributed by atoms with Gasteiger partial charge >= 0.3 is 5.69 Å². The molecular weight excluding hydrogens is 178 g/mol. The maximum Gasteiger partial charge on any atom is 0.310 e. The Morgan fingerprint density at radius 3 is 2.38 bits per heavy atom. The lowest BCUT2D eigenvalue weighted by molar-refractivity contribution is -0.385. The van der Waals surface area contributed by atoms with Gasteiger partial charge in [0, 0.05) is 11.6 Å². The molecule has 70 valence electrons. The summed E-state index contributed by atoms with van der Waals surface area (Å²) in [5.41, 5.74) is -0.465. The predicted molar refractivity (Wildman–Crippen MR) is 41.9 cm³/mol. The van der Waals surface area contributed by atoms with Crippen molar-refractivity contribution in [1.29, 1.82) is 0 Å². The van der Waals surface area contributed by atoms with Gasteiger partial charge in [0.2, 0.25) is 0 Å². The van der Waals surface area contributed by atoms with Crippen LogP contribution in [0.25, 0.3) is 0 Å². The molecule has 0 atom stereocenters. The average Bonchev–Trinajstić information content (AvgIpc) is 2.03. The minimum Gasteiger partial charge on any atom is -0.502 e. The van der Waals surface area contributed by atoms with Gasteiger partial charge in [-0.1, -0.05) is 0 Å². The van der Waals surface area contributed by atoms with E-state index in [9.17, 15) is 10.1 Å². The van der Waals surface area contributed by atoms with E-state index in [4.69, 9.17) is 15.3 Å². The highest BCUT2D eigenvalue weighted by molar-refractivity contribution is 5.47. The molecule has 13 heavy (non-hydrogen) atoms. The number of aromatic hydroxyl groups is 1. The quantitative estimate of drug-likeness (QED) is 0.349. The standard InChI is InChI=1S/C7H7NO5/c9-6-3-4(7(10)11)1-2-5(6)8(12)13/h1-3,7,9-11H. The molecule has 1 aromatic rings. The van der Waals surface area contributed by atoms with Crippen molar-refractivity contribution in [3.05, 3.63) is 33.9 Å². The lowest BCUT2D eigenvalue weighted by atomic mass is 10.2. The number of benzene rings is 1. The molecular formula is C7H7NO5. The van der Waals surface area contributed by atoms with Crippen molar-refractivity contribution in [3.8, 4) is 5.75 Å². The fraction of sp³-hybridized carbons (Fsp3) is 0.143. The molecule has 6 heteroatoms. The molecule has 1 rings (SSSR count). The van der Waals surface area contributed by atoms with E-state index >= 15 is 0 Å². The first kappa shape index (κ1) is 9.43. The van der Waals surface area contributed by atoms with E-state index in [1.807, 2.05) is 0 Å². The smallest absolute Gasteiger partial charge is 0.310 e. The normalized spacial score (nSPS) is 10.4. The molecule has 0 saturated heterocycles. The Bertz CT molecular complexity index is 336. The summed E-state index contributed by atoms with van der Waals surface area (Å²) in [7, 11) is 0. The van der Waals surface area contributed by atoms with Crippen molar-refractivity contribution in [2.24, 2.45) is 0 Å². The molecule has 1 aromatic carbocycles. The molecule has 0 radical (unpaired) electrons. The Labute approximate surface area is 72.8 Å². The van der Waals surface area contributed by atoms with Crippen LogP contribution in [0.3, 0.4) is 0 Å². The van der Waals surface area contributed by atoms with Gasteiger partial charge < -0.3 is 15.3 Å². The van der Waals surface area contributed by atoms with Crippen LogP contribution in [0.1, 0.15) is 11.9 Å². The molecule has 0 unspecified atom stereocenters. The van der Waals surface area contributed by atoms with Crippen LogP contribution in [0.15, 0.2) is 18.2 Å². The summed E-state index contributed by atoms with van der Waals surface area (Å²) in [4.78, 5) is 9.46. The van der Waals surface area contributed by atoms with Crippen molar-refractivity contribution in [1.82, 2.24) is 0 Å². The van der Waals surface area contributed by atoms with Gasteiger partial charge in [0.05, 0.1) is 4.92 Å². The summed E-state index contributed by atoms with van der Waals surface area (Å²) in [6.45, 7) is 0. The first-order chi connectivity index (χ1) is 6.02. The van der Waals surface area contributed by atoms with Crippen LogP contribution < -0.4 is 0 Å². The Balaban J connectivity index is 3.13.